The molecular weight excluding hydrogens is 217 g/mol. The van der Waals surface area contributed by atoms with Gasteiger partial charge in [0, 0.05) is 14.2 Å². The van der Waals surface area contributed by atoms with Gasteiger partial charge in [-0.05, 0) is 5.56 Å². The lowest BCUT2D eigenvalue weighted by Gasteiger charge is -2.22. The molecule has 0 aliphatic heterocycles. The zero-order valence-corrected chi connectivity index (χ0v) is 9.48. The highest BCUT2D eigenvalue weighted by Gasteiger charge is 2.34. The van der Waals surface area contributed by atoms with Gasteiger partial charge in [-0.3, -0.25) is 4.57 Å². The summed E-state index contributed by atoms with van der Waals surface area (Å²) in [5.41, 5.74) is 2.58. The van der Waals surface area contributed by atoms with Crippen LogP contribution >= 0.6 is 7.60 Å². The van der Waals surface area contributed by atoms with Crippen molar-refractivity contribution in [2.24, 2.45) is 0 Å². The molecule has 1 rings (SSSR count). The minimum absolute atomic E-state index is 0.632. The fraction of sp³-hybridized carbons (Fsp3) is 0.333. The van der Waals surface area contributed by atoms with E-state index < -0.39 is 13.4 Å². The molecule has 0 radical (unpaired) electrons. The summed E-state index contributed by atoms with van der Waals surface area (Å²) < 4.78 is 21.6. The quantitative estimate of drug-likeness (QED) is 0.600. The maximum atomic E-state index is 12.0. The molecule has 1 aromatic carbocycles. The second-order valence-electron chi connectivity index (χ2n) is 2.85. The summed E-state index contributed by atoms with van der Waals surface area (Å²) in [6, 6.07) is 8.81. The molecule has 1 aromatic rings. The Kier molecular flexibility index (Phi) is 4.45. The van der Waals surface area contributed by atoms with E-state index in [1.807, 2.05) is 11.5 Å². The molecule has 0 saturated heterocycles. The lowest BCUT2D eigenvalue weighted by molar-refractivity contribution is 0.134. The fourth-order valence-corrected chi connectivity index (χ4v) is 2.50. The molecule has 0 amide bonds. The number of benzene rings is 1. The van der Waals surface area contributed by atoms with Crippen LogP contribution in [-0.2, 0) is 13.6 Å². The summed E-state index contributed by atoms with van der Waals surface area (Å²) in [4.78, 5) is 0. The predicted molar refractivity (Wildman–Crippen MR) is 55.7 cm³/mol. The highest BCUT2D eigenvalue weighted by molar-refractivity contribution is 7.54. The Labute approximate surface area is 88.5 Å². The van der Waals surface area contributed by atoms with Crippen LogP contribution in [0.4, 0.5) is 0 Å². The molecule has 0 aromatic heterocycles. The number of hydrogen-bond acceptors (Lipinski definition) is 5. The molecule has 0 fully saturated rings. The average Bonchev–Trinajstić information content (AvgIpc) is 2.31. The first-order valence-electron chi connectivity index (χ1n) is 4.33. The van der Waals surface area contributed by atoms with E-state index in [1.165, 1.54) is 14.2 Å². The van der Waals surface area contributed by atoms with Crippen molar-refractivity contribution in [3.05, 3.63) is 35.9 Å². The molecule has 15 heavy (non-hydrogen) atoms. The third-order valence-corrected chi connectivity index (χ3v) is 4.13. The van der Waals surface area contributed by atoms with E-state index >= 15 is 0 Å². The maximum absolute atomic E-state index is 12.0. The summed E-state index contributed by atoms with van der Waals surface area (Å²) in [6.07, 6.45) is 0. The van der Waals surface area contributed by atoms with E-state index in [0.29, 0.717) is 5.56 Å². The lowest BCUT2D eigenvalue weighted by atomic mass is 10.2. The van der Waals surface area contributed by atoms with E-state index in [1.54, 1.807) is 24.3 Å². The van der Waals surface area contributed by atoms with E-state index in [4.69, 9.17) is 14.3 Å². The average molecular weight is 231 g/mol. The summed E-state index contributed by atoms with van der Waals surface area (Å²) in [6.45, 7) is 0. The summed E-state index contributed by atoms with van der Waals surface area (Å²) in [5, 5.41) is 9.00. The molecule has 0 bridgehead atoms. The highest BCUT2D eigenvalue weighted by Crippen LogP contribution is 2.58. The Morgan fingerprint density at radius 3 is 2.20 bits per heavy atom. The third-order valence-electron chi connectivity index (χ3n) is 2.06. The van der Waals surface area contributed by atoms with Gasteiger partial charge in [0.1, 0.15) is 0 Å². The first kappa shape index (κ1) is 12.4. The van der Waals surface area contributed by atoms with Crippen molar-refractivity contribution in [1.82, 2.24) is 5.48 Å². The van der Waals surface area contributed by atoms with Crippen LogP contribution in [0.1, 0.15) is 11.3 Å². The molecule has 0 spiro atoms. The Hall–Kier alpha value is -0.710. The van der Waals surface area contributed by atoms with Crippen LogP contribution in [0.2, 0.25) is 0 Å². The van der Waals surface area contributed by atoms with Gasteiger partial charge < -0.3 is 14.3 Å². The largest absolute Gasteiger partial charge is 0.353 e. The number of nitrogens with one attached hydrogen (secondary N) is 1. The third kappa shape index (κ3) is 2.65. The zero-order chi connectivity index (χ0) is 11.3. The van der Waals surface area contributed by atoms with Gasteiger partial charge in [0.25, 0.3) is 0 Å². The SMILES string of the molecule is COP(=O)(OC)C(NO)c1ccccc1. The zero-order valence-electron chi connectivity index (χ0n) is 8.58. The van der Waals surface area contributed by atoms with Crippen LogP contribution in [0.3, 0.4) is 0 Å². The predicted octanol–water partition coefficient (Wildman–Crippen LogP) is 2.15. The molecule has 5 nitrogen and oxygen atoms in total. The molecule has 0 saturated carbocycles. The smallest absolute Gasteiger partial charge is 0.316 e. The summed E-state index contributed by atoms with van der Waals surface area (Å²) >= 11 is 0. The van der Waals surface area contributed by atoms with Crippen molar-refractivity contribution < 1.29 is 18.8 Å². The van der Waals surface area contributed by atoms with Gasteiger partial charge in [0.05, 0.1) is 0 Å². The van der Waals surface area contributed by atoms with Gasteiger partial charge in [-0.15, -0.1) is 0 Å². The van der Waals surface area contributed by atoms with Crippen LogP contribution in [0.5, 0.6) is 0 Å². The normalized spacial score (nSPS) is 13.8. The molecule has 1 atom stereocenters. The van der Waals surface area contributed by atoms with Gasteiger partial charge >= 0.3 is 7.60 Å². The van der Waals surface area contributed by atoms with E-state index in [9.17, 15) is 4.57 Å². The summed E-state index contributed by atoms with van der Waals surface area (Å²) in [7, 11) is -0.824. The minimum atomic E-state index is -3.37. The van der Waals surface area contributed by atoms with Gasteiger partial charge in [0.2, 0.25) is 0 Å². The van der Waals surface area contributed by atoms with Crippen LogP contribution in [0.25, 0.3) is 0 Å². The van der Waals surface area contributed by atoms with Gasteiger partial charge in [-0.25, -0.2) is 0 Å². The Morgan fingerprint density at radius 2 is 1.80 bits per heavy atom. The topological polar surface area (TPSA) is 67.8 Å². The van der Waals surface area contributed by atoms with Gasteiger partial charge in [-0.2, -0.15) is 5.48 Å². The van der Waals surface area contributed by atoms with E-state index in [0.717, 1.165) is 0 Å². The molecule has 84 valence electrons. The Bertz CT molecular complexity index is 335. The highest BCUT2D eigenvalue weighted by atomic mass is 31.2. The lowest BCUT2D eigenvalue weighted by Crippen LogP contribution is -2.18. The van der Waals surface area contributed by atoms with Crippen molar-refractivity contribution in [2.75, 3.05) is 14.2 Å². The van der Waals surface area contributed by atoms with E-state index in [-0.39, 0.29) is 0 Å². The van der Waals surface area contributed by atoms with Crippen molar-refractivity contribution in [1.29, 1.82) is 0 Å². The second-order valence-corrected chi connectivity index (χ2v) is 5.17. The monoisotopic (exact) mass is 231 g/mol. The van der Waals surface area contributed by atoms with Crippen molar-refractivity contribution >= 4 is 7.60 Å². The Morgan fingerprint density at radius 1 is 1.27 bits per heavy atom. The first-order chi connectivity index (χ1) is 7.18. The molecular formula is C9H14NO4P. The van der Waals surface area contributed by atoms with Gasteiger partial charge in [0.15, 0.2) is 5.78 Å². The number of hydrogen-bond donors (Lipinski definition) is 2. The van der Waals surface area contributed by atoms with E-state index in [2.05, 4.69) is 0 Å². The van der Waals surface area contributed by atoms with Crippen molar-refractivity contribution in [3.8, 4) is 0 Å². The van der Waals surface area contributed by atoms with Crippen LogP contribution in [0, 0.1) is 0 Å². The van der Waals surface area contributed by atoms with Crippen LogP contribution < -0.4 is 5.48 Å². The van der Waals surface area contributed by atoms with Crippen molar-refractivity contribution in [3.63, 3.8) is 0 Å². The molecule has 0 heterocycles. The van der Waals surface area contributed by atoms with Gasteiger partial charge in [-0.1, -0.05) is 30.3 Å². The Balaban J connectivity index is 3.04. The fourth-order valence-electron chi connectivity index (χ4n) is 1.25. The van der Waals surface area contributed by atoms with Crippen LogP contribution in [0.15, 0.2) is 30.3 Å². The van der Waals surface area contributed by atoms with Crippen molar-refractivity contribution in [2.45, 2.75) is 5.78 Å². The summed E-state index contributed by atoms with van der Waals surface area (Å²) in [5.74, 6) is -0.881. The van der Waals surface area contributed by atoms with Crippen LogP contribution in [-0.4, -0.2) is 19.4 Å². The number of hydroxylamine groups is 1. The molecule has 0 aliphatic carbocycles. The number of rotatable bonds is 5. The molecule has 2 N–H and O–H groups in total. The molecule has 1 unspecified atom stereocenters. The standard InChI is InChI=1S/C9H14NO4P/c1-13-15(12,14-2)9(10-11)8-6-4-3-5-7-8/h3-7,9-11H,1-2H3. The maximum Gasteiger partial charge on any atom is 0.353 e. The molecule has 0 aliphatic rings. The first-order valence-corrected chi connectivity index (χ1v) is 5.95. The minimum Gasteiger partial charge on any atom is -0.316 e. The molecule has 6 heteroatoms. The second kappa shape index (κ2) is 5.39.